The van der Waals surface area contributed by atoms with Crippen LogP contribution in [-0.2, 0) is 37.2 Å². The average Bonchev–Trinajstić information content (AvgIpc) is 3.88. The van der Waals surface area contributed by atoms with E-state index >= 15 is 0 Å². The molecule has 300 valence electrons. The Morgan fingerprint density at radius 3 is 2.32 bits per heavy atom. The molecule has 4 rings (SSSR count). The van der Waals surface area contributed by atoms with Gasteiger partial charge >= 0.3 is 0 Å². The van der Waals surface area contributed by atoms with E-state index in [0.717, 1.165) is 16.9 Å². The van der Waals surface area contributed by atoms with Crippen molar-refractivity contribution in [3.63, 3.8) is 0 Å². The minimum Gasteiger partial charge on any atom is -0.496 e. The number of furan rings is 1. The summed E-state index contributed by atoms with van der Waals surface area (Å²) in [5.41, 5.74) is 8.45. The van der Waals surface area contributed by atoms with Crippen molar-refractivity contribution in [2.75, 3.05) is 13.7 Å². The number of methoxy groups -OCH3 is 1. The lowest BCUT2D eigenvalue weighted by Crippen LogP contribution is -2.58. The van der Waals surface area contributed by atoms with Crippen LogP contribution in [0.4, 0.5) is 0 Å². The number of guanidine groups is 1. The van der Waals surface area contributed by atoms with Crippen LogP contribution < -0.4 is 31.1 Å². The zero-order valence-corrected chi connectivity index (χ0v) is 33.9. The Hall–Kier alpha value is -5.55. The van der Waals surface area contributed by atoms with Crippen LogP contribution in [-0.4, -0.2) is 74.6 Å². The molecule has 0 saturated heterocycles. The number of amides is 3. The van der Waals surface area contributed by atoms with Gasteiger partial charge in [-0.05, 0) is 80.0 Å². The number of thiazole rings is 1. The molecular weight excluding hydrogens is 759 g/mol. The van der Waals surface area contributed by atoms with E-state index in [4.69, 9.17) is 14.9 Å². The molecule has 0 bridgehead atoms. The van der Waals surface area contributed by atoms with E-state index in [2.05, 4.69) is 30.6 Å². The Bertz CT molecular complexity index is 2100. The Labute approximate surface area is 331 Å². The fourth-order valence-electron chi connectivity index (χ4n) is 6.05. The number of aromatic nitrogens is 1. The maximum absolute atomic E-state index is 13.8. The van der Waals surface area contributed by atoms with Crippen molar-refractivity contribution in [3.05, 3.63) is 99.4 Å². The van der Waals surface area contributed by atoms with Crippen molar-refractivity contribution in [1.82, 2.24) is 25.7 Å². The summed E-state index contributed by atoms with van der Waals surface area (Å²) >= 11 is 1.12. The van der Waals surface area contributed by atoms with Crippen LogP contribution in [0.1, 0.15) is 64.5 Å². The first kappa shape index (κ1) is 43.2. The molecule has 6 N–H and O–H groups in total. The highest BCUT2D eigenvalue weighted by Crippen LogP contribution is 2.30. The van der Waals surface area contributed by atoms with Gasteiger partial charge in [0.2, 0.25) is 29.5 Å². The first-order chi connectivity index (χ1) is 26.6. The molecule has 0 radical (unpaired) electrons. The number of Topliss-reactive ketones (excluding diaryl/α,β-unsaturated/α-hetero) is 1. The monoisotopic (exact) mass is 807 g/mol. The molecule has 4 aromatic rings. The normalized spacial score (nSPS) is 13.4. The summed E-state index contributed by atoms with van der Waals surface area (Å²) in [5.74, 6) is -1.83. The van der Waals surface area contributed by atoms with Crippen molar-refractivity contribution in [2.45, 2.75) is 83.3 Å². The van der Waals surface area contributed by atoms with E-state index in [0.29, 0.717) is 28.2 Å². The van der Waals surface area contributed by atoms with Crippen LogP contribution in [0.2, 0.25) is 0 Å². The van der Waals surface area contributed by atoms with Crippen molar-refractivity contribution in [1.29, 1.82) is 0 Å². The number of aryl methyl sites for hydroxylation is 1. The molecule has 0 fully saturated rings. The summed E-state index contributed by atoms with van der Waals surface area (Å²) in [5, 5.41) is 10.2. The second-order valence-electron chi connectivity index (χ2n) is 13.5. The second-order valence-corrected chi connectivity index (χ2v) is 16.1. The smallest absolute Gasteiger partial charge is 0.264 e. The summed E-state index contributed by atoms with van der Waals surface area (Å²) in [7, 11) is -2.58. The van der Waals surface area contributed by atoms with Gasteiger partial charge in [-0.15, -0.1) is 11.3 Å². The largest absolute Gasteiger partial charge is 0.496 e. The molecule has 0 aliphatic heterocycles. The number of ketones is 1. The first-order valence-corrected chi connectivity index (χ1v) is 20.3. The van der Waals surface area contributed by atoms with Gasteiger partial charge < -0.3 is 30.8 Å². The van der Waals surface area contributed by atoms with Crippen molar-refractivity contribution < 1.29 is 36.7 Å². The van der Waals surface area contributed by atoms with Crippen LogP contribution in [0, 0.1) is 26.7 Å². The topological polar surface area (TPSA) is 224 Å². The molecule has 56 heavy (non-hydrogen) atoms. The maximum atomic E-state index is 13.8. The van der Waals surface area contributed by atoms with Gasteiger partial charge in [-0.1, -0.05) is 44.2 Å². The number of sulfonamides is 1. The number of nitrogens with two attached hydrogens (primary N) is 1. The highest BCUT2D eigenvalue weighted by Gasteiger charge is 2.32. The third kappa shape index (κ3) is 11.7. The van der Waals surface area contributed by atoms with Crippen LogP contribution >= 0.6 is 11.3 Å². The molecule has 2 aromatic heterocycles. The number of aliphatic imine (C=N–C) groups is 1. The van der Waals surface area contributed by atoms with Crippen molar-refractivity contribution in [2.24, 2.45) is 16.6 Å². The molecule has 0 aliphatic rings. The maximum Gasteiger partial charge on any atom is 0.264 e. The lowest BCUT2D eigenvalue weighted by Gasteiger charge is -2.27. The predicted octanol–water partition coefficient (Wildman–Crippen LogP) is 3.52. The number of benzene rings is 2. The van der Waals surface area contributed by atoms with Gasteiger partial charge in [0, 0.05) is 24.5 Å². The zero-order valence-electron chi connectivity index (χ0n) is 32.3. The second kappa shape index (κ2) is 19.9. The van der Waals surface area contributed by atoms with Gasteiger partial charge in [-0.3, -0.25) is 24.2 Å². The van der Waals surface area contributed by atoms with Crippen molar-refractivity contribution in [3.8, 4) is 5.75 Å². The number of hydrogen-bond acceptors (Lipinski definition) is 11. The van der Waals surface area contributed by atoms with Gasteiger partial charge in [-0.2, -0.15) is 0 Å². The Balaban J connectivity index is 1.45. The van der Waals surface area contributed by atoms with E-state index < -0.39 is 57.6 Å². The number of carbonyl (C=O) groups excluding carboxylic acids is 4. The molecule has 2 heterocycles. The van der Waals surface area contributed by atoms with Crippen LogP contribution in [0.5, 0.6) is 5.75 Å². The molecule has 0 aliphatic carbocycles. The van der Waals surface area contributed by atoms with Gasteiger partial charge in [0.15, 0.2) is 5.01 Å². The summed E-state index contributed by atoms with van der Waals surface area (Å²) in [4.78, 5) is 62.5. The molecule has 0 unspecified atom stereocenters. The van der Waals surface area contributed by atoms with Crippen LogP contribution in [0.15, 0.2) is 80.7 Å². The average molecular weight is 808 g/mol. The van der Waals surface area contributed by atoms with Crippen molar-refractivity contribution >= 4 is 50.8 Å². The number of nitrogens with one attached hydrogen (secondary N) is 4. The van der Waals surface area contributed by atoms with Crippen LogP contribution in [0.3, 0.4) is 0 Å². The standard InChI is InChI=1S/C39H49N7O8S2/c1-23(2)33(45-36(49)30(21-27-12-8-7-9-13-27)43-32(47)22-28-14-11-18-54-28)37(50)44-29(34(48)38-41-17-19-55-38)15-10-16-42-39(40)46-56(51,52)35-24(3)20-31(53-6)25(4)26(35)5/h7-9,11-14,17-20,23,29-30,33H,10,15-16,21-22H2,1-6H3,(H,43,47)(H,44,50)(H,45,49)(H3,40,42,46)/t29-,30-,33-/m0/s1. The van der Waals surface area contributed by atoms with E-state index in [1.807, 2.05) is 30.3 Å². The minimum atomic E-state index is -4.09. The molecule has 3 atom stereocenters. The van der Waals surface area contributed by atoms with E-state index in [9.17, 15) is 27.6 Å². The summed E-state index contributed by atoms with van der Waals surface area (Å²) in [6, 6.07) is 10.9. The molecule has 17 heteroatoms. The third-order valence-corrected chi connectivity index (χ3v) is 11.4. The fourth-order valence-corrected chi connectivity index (χ4v) is 8.16. The fraction of sp³-hybridized carbons (Fsp3) is 0.385. The quantitative estimate of drug-likeness (QED) is 0.0401. The number of carbonyl (C=O) groups is 4. The SMILES string of the molecule is COc1cc(C)c(S(=O)(=O)NC(N)=NCCC[C@H](NC(=O)[C@@H](NC(=O)[C@H](Cc2ccccc2)NC(=O)Cc2ccco2)C(C)C)C(=O)c2nccs2)c(C)c1C. The van der Waals surface area contributed by atoms with Gasteiger partial charge in [-0.25, -0.2) is 18.1 Å². The number of rotatable bonds is 19. The third-order valence-electron chi connectivity index (χ3n) is 9.01. The lowest BCUT2D eigenvalue weighted by atomic mass is 9.99. The van der Waals surface area contributed by atoms with Crippen LogP contribution in [0.25, 0.3) is 0 Å². The zero-order chi connectivity index (χ0) is 41.0. The summed E-state index contributed by atoms with van der Waals surface area (Å²) < 4.78 is 39.6. The minimum absolute atomic E-state index is 0.0225. The van der Waals surface area contributed by atoms with E-state index in [-0.39, 0.29) is 48.1 Å². The molecule has 15 nitrogen and oxygen atoms in total. The number of nitrogens with zero attached hydrogens (tertiary/aromatic N) is 2. The lowest BCUT2D eigenvalue weighted by molar-refractivity contribution is -0.133. The Kier molecular flexibility index (Phi) is 15.3. The van der Waals surface area contributed by atoms with Gasteiger partial charge in [0.25, 0.3) is 10.0 Å². The molecule has 3 amide bonds. The number of hydrogen-bond donors (Lipinski definition) is 5. The van der Waals surface area contributed by atoms with E-state index in [1.54, 1.807) is 58.2 Å². The summed E-state index contributed by atoms with van der Waals surface area (Å²) in [6.07, 6.45) is 3.34. The van der Waals surface area contributed by atoms with Gasteiger partial charge in [0.1, 0.15) is 23.6 Å². The molecular formula is C39H49N7O8S2. The highest BCUT2D eigenvalue weighted by atomic mass is 32.2. The number of ether oxygens (including phenoxy) is 1. The van der Waals surface area contributed by atoms with E-state index in [1.165, 1.54) is 19.6 Å². The first-order valence-electron chi connectivity index (χ1n) is 18.0. The molecule has 2 aromatic carbocycles. The van der Waals surface area contributed by atoms with Gasteiger partial charge in [0.05, 0.1) is 30.7 Å². The Morgan fingerprint density at radius 2 is 1.70 bits per heavy atom. The predicted molar refractivity (Wildman–Crippen MR) is 213 cm³/mol. The summed E-state index contributed by atoms with van der Waals surface area (Å²) in [6.45, 7) is 8.62. The highest BCUT2D eigenvalue weighted by molar-refractivity contribution is 7.90. The molecule has 0 saturated carbocycles. The molecule has 0 spiro atoms. The Morgan fingerprint density at radius 1 is 0.964 bits per heavy atom.